The zero-order valence-corrected chi connectivity index (χ0v) is 13.0. The molecular formula is C13H26O11. The molecule has 0 aliphatic carbocycles. The molecule has 0 amide bonds. The van der Waals surface area contributed by atoms with Gasteiger partial charge in [-0.1, -0.05) is 6.92 Å². The number of ether oxygens (including phenoxy) is 2. The first-order chi connectivity index (χ1) is 11.1. The Bertz CT molecular complexity index is 326. The molecule has 2 rings (SSSR count). The summed E-state index contributed by atoms with van der Waals surface area (Å²) in [6.45, 7) is 0.621. The van der Waals surface area contributed by atoms with Crippen LogP contribution in [0.2, 0.25) is 0 Å². The molecule has 2 fully saturated rings. The van der Waals surface area contributed by atoms with Crippen molar-refractivity contribution in [1.29, 1.82) is 0 Å². The average Bonchev–Trinajstić information content (AvgIpc) is 2.58. The summed E-state index contributed by atoms with van der Waals surface area (Å²) in [5.74, 6) is -0.539. The maximum atomic E-state index is 9.32. The molecule has 0 aromatic carbocycles. The quantitative estimate of drug-likeness (QED) is 0.228. The summed E-state index contributed by atoms with van der Waals surface area (Å²) in [7, 11) is 0. The molecule has 144 valence electrons. The highest BCUT2D eigenvalue weighted by atomic mass is 16.6. The number of aliphatic hydroxyl groups excluding tert-OH is 9. The molecule has 0 radical (unpaired) electrons. The highest BCUT2D eigenvalue weighted by molar-refractivity contribution is 4.88. The van der Waals surface area contributed by atoms with Crippen molar-refractivity contribution in [2.45, 2.75) is 62.2 Å². The van der Waals surface area contributed by atoms with Crippen molar-refractivity contribution in [3.8, 4) is 0 Å². The van der Waals surface area contributed by atoms with Crippen molar-refractivity contribution in [2.24, 2.45) is 5.92 Å². The topological polar surface area (TPSA) is 201 Å². The summed E-state index contributed by atoms with van der Waals surface area (Å²) < 4.78 is 9.40. The van der Waals surface area contributed by atoms with E-state index in [1.807, 2.05) is 0 Å². The molecule has 0 aromatic heterocycles. The van der Waals surface area contributed by atoms with Crippen LogP contribution < -0.4 is 0 Å². The van der Waals surface area contributed by atoms with Crippen molar-refractivity contribution in [3.05, 3.63) is 0 Å². The van der Waals surface area contributed by atoms with Crippen molar-refractivity contribution >= 4 is 0 Å². The smallest absolute Gasteiger partial charge is 0.184 e. The van der Waals surface area contributed by atoms with Gasteiger partial charge in [0.2, 0.25) is 0 Å². The molecule has 11 heteroatoms. The lowest BCUT2D eigenvalue weighted by Crippen LogP contribution is -2.58. The van der Waals surface area contributed by atoms with E-state index in [9.17, 15) is 10.2 Å². The maximum Gasteiger partial charge on any atom is 0.184 e. The van der Waals surface area contributed by atoms with Gasteiger partial charge in [-0.15, -0.1) is 0 Å². The number of hydrogen-bond donors (Lipinski definition) is 9. The van der Waals surface area contributed by atoms with Crippen molar-refractivity contribution < 1.29 is 55.4 Å². The first-order valence-corrected chi connectivity index (χ1v) is 7.44. The van der Waals surface area contributed by atoms with Crippen LogP contribution in [0.25, 0.3) is 0 Å². The van der Waals surface area contributed by atoms with Crippen LogP contribution in [-0.2, 0) is 9.47 Å². The minimum atomic E-state index is -1.57. The first-order valence-electron chi connectivity index (χ1n) is 7.44. The number of hydrogen-bond acceptors (Lipinski definition) is 11. The third-order valence-corrected chi connectivity index (χ3v) is 4.08. The Morgan fingerprint density at radius 3 is 1.46 bits per heavy atom. The molecule has 10 atom stereocenters. The number of aliphatic hydroxyl groups is 9. The molecule has 11 nitrogen and oxygen atoms in total. The summed E-state index contributed by atoms with van der Waals surface area (Å²) in [6, 6.07) is 0. The van der Waals surface area contributed by atoms with E-state index in [4.69, 9.17) is 40.5 Å². The van der Waals surface area contributed by atoms with Crippen LogP contribution in [0.4, 0.5) is 0 Å². The molecule has 9 N–H and O–H groups in total. The molecule has 2 aliphatic heterocycles. The summed E-state index contributed by atoms with van der Waals surface area (Å²) in [4.78, 5) is 0. The largest absolute Gasteiger partial charge is 0.394 e. The fourth-order valence-corrected chi connectivity index (χ4v) is 2.32. The van der Waals surface area contributed by atoms with E-state index in [1.54, 1.807) is 6.92 Å². The minimum absolute atomic E-state index is 0.415. The zero-order valence-electron chi connectivity index (χ0n) is 13.0. The van der Waals surface area contributed by atoms with Gasteiger partial charge in [0.05, 0.1) is 19.3 Å². The Hall–Kier alpha value is -0.440. The van der Waals surface area contributed by atoms with Gasteiger partial charge in [0.1, 0.15) is 36.6 Å². The predicted molar refractivity (Wildman–Crippen MR) is 75.1 cm³/mol. The summed E-state index contributed by atoms with van der Waals surface area (Å²) in [6.07, 6.45) is -11.2. The van der Waals surface area contributed by atoms with Gasteiger partial charge in [-0.3, -0.25) is 0 Å². The van der Waals surface area contributed by atoms with E-state index in [-0.39, 0.29) is 0 Å². The highest BCUT2D eigenvalue weighted by Gasteiger charge is 2.42. The third kappa shape index (κ3) is 4.80. The molecule has 2 heterocycles. The number of rotatable bonds is 2. The highest BCUT2D eigenvalue weighted by Crippen LogP contribution is 2.24. The molecule has 4 unspecified atom stereocenters. The fraction of sp³-hybridized carbons (Fsp3) is 1.00. The molecular weight excluding hydrogens is 332 g/mol. The zero-order chi connectivity index (χ0) is 18.6. The summed E-state index contributed by atoms with van der Waals surface area (Å²) >= 11 is 0. The molecule has 2 saturated heterocycles. The van der Waals surface area contributed by atoms with E-state index >= 15 is 0 Å². The third-order valence-electron chi connectivity index (χ3n) is 4.08. The fourth-order valence-electron chi connectivity index (χ4n) is 2.32. The van der Waals surface area contributed by atoms with Crippen LogP contribution in [0.15, 0.2) is 0 Å². The van der Waals surface area contributed by atoms with Gasteiger partial charge >= 0.3 is 0 Å². The van der Waals surface area contributed by atoms with E-state index in [2.05, 4.69) is 4.74 Å². The van der Waals surface area contributed by atoms with Crippen LogP contribution >= 0.6 is 0 Å². The Morgan fingerprint density at radius 1 is 0.583 bits per heavy atom. The van der Waals surface area contributed by atoms with Crippen molar-refractivity contribution in [1.82, 2.24) is 0 Å². The molecule has 24 heavy (non-hydrogen) atoms. The lowest BCUT2D eigenvalue weighted by Gasteiger charge is -2.38. The molecule has 0 spiro atoms. The Balaban J connectivity index is 0.000000240. The molecule has 0 saturated carbocycles. The Labute approximate surface area is 137 Å². The first kappa shape index (κ1) is 21.6. The Morgan fingerprint density at radius 2 is 1.00 bits per heavy atom. The van der Waals surface area contributed by atoms with Gasteiger partial charge in [-0.05, 0) is 0 Å². The minimum Gasteiger partial charge on any atom is -0.394 e. The molecule has 0 bridgehead atoms. The molecule has 0 aromatic rings. The standard InChI is InChI=1S/C7H14O5.C6H12O6/c1-3-5(9)6(10)4(2-8)12-7(3)11;7-1-2-3(8)4(9)5(10)6(11)12-2/h3-11H,2H2,1H3;2-11H,1H2/t3?,4?,5-,6-,7-;2?,3-,4+,5?,6+/m11/s1. The van der Waals surface area contributed by atoms with Crippen LogP contribution in [0.1, 0.15) is 6.92 Å². The predicted octanol–water partition coefficient (Wildman–Crippen LogP) is -5.17. The maximum absolute atomic E-state index is 9.32. The molecule has 2 aliphatic rings. The lowest BCUT2D eigenvalue weighted by molar-refractivity contribution is -0.286. The van der Waals surface area contributed by atoms with Gasteiger partial charge < -0.3 is 55.4 Å². The van der Waals surface area contributed by atoms with Crippen LogP contribution in [0.3, 0.4) is 0 Å². The second kappa shape index (κ2) is 9.31. The monoisotopic (exact) mass is 358 g/mol. The van der Waals surface area contributed by atoms with E-state index < -0.39 is 74.4 Å². The van der Waals surface area contributed by atoms with Crippen LogP contribution in [0.5, 0.6) is 0 Å². The van der Waals surface area contributed by atoms with Crippen LogP contribution in [0, 0.1) is 5.92 Å². The normalized spacial score (nSPS) is 49.2. The van der Waals surface area contributed by atoms with Crippen molar-refractivity contribution in [2.75, 3.05) is 13.2 Å². The van der Waals surface area contributed by atoms with Gasteiger partial charge in [-0.25, -0.2) is 0 Å². The second-order valence-corrected chi connectivity index (χ2v) is 5.81. The van der Waals surface area contributed by atoms with E-state index in [0.29, 0.717) is 0 Å². The average molecular weight is 358 g/mol. The van der Waals surface area contributed by atoms with E-state index in [0.717, 1.165) is 0 Å². The Kier molecular flexibility index (Phi) is 8.38. The summed E-state index contributed by atoms with van der Waals surface area (Å²) in [5.41, 5.74) is 0. The van der Waals surface area contributed by atoms with Gasteiger partial charge in [0.25, 0.3) is 0 Å². The van der Waals surface area contributed by atoms with Crippen LogP contribution in [-0.4, -0.2) is 114 Å². The van der Waals surface area contributed by atoms with Gasteiger partial charge in [0.15, 0.2) is 12.6 Å². The van der Waals surface area contributed by atoms with Gasteiger partial charge in [0, 0.05) is 5.92 Å². The summed E-state index contributed by atoms with van der Waals surface area (Å²) in [5, 5.41) is 81.1. The van der Waals surface area contributed by atoms with Gasteiger partial charge in [-0.2, -0.15) is 0 Å². The lowest BCUT2D eigenvalue weighted by atomic mass is 9.93. The second-order valence-electron chi connectivity index (χ2n) is 5.81. The van der Waals surface area contributed by atoms with Crippen molar-refractivity contribution in [3.63, 3.8) is 0 Å². The SMILES string of the molecule is CC1[C@H](O)OC(CO)[C@@H](O)[C@@H]1O.OCC1O[C@H](O)C(O)[C@@H](O)[C@@H]1O. The van der Waals surface area contributed by atoms with E-state index in [1.165, 1.54) is 0 Å².